The number of rotatable bonds is 6. The van der Waals surface area contributed by atoms with Crippen LogP contribution in [0.25, 0.3) is 22.4 Å². The molecule has 1 atom stereocenters. The SMILES string of the molecule is CCC(C)Oc1ccc(-c2nc(C(N)=O)c(CN)o2)c2ccc(C(F)(F)F)nc12. The van der Waals surface area contributed by atoms with Gasteiger partial charge in [0.05, 0.1) is 12.6 Å². The number of nitrogens with two attached hydrogens (primary N) is 2. The Balaban J connectivity index is 2.24. The maximum absolute atomic E-state index is 13.2. The number of carbonyl (C=O) groups excluding carboxylic acids is 1. The molecule has 10 heteroatoms. The van der Waals surface area contributed by atoms with Gasteiger partial charge in [-0.3, -0.25) is 4.79 Å². The van der Waals surface area contributed by atoms with Crippen LogP contribution in [0.15, 0.2) is 28.7 Å². The second-order valence-electron chi connectivity index (χ2n) is 6.40. The van der Waals surface area contributed by atoms with E-state index >= 15 is 0 Å². The lowest BCUT2D eigenvalue weighted by Gasteiger charge is -2.16. The van der Waals surface area contributed by atoms with Crippen molar-refractivity contribution < 1.29 is 27.1 Å². The molecular formula is C19H19F3N4O3. The molecule has 0 fully saturated rings. The lowest BCUT2D eigenvalue weighted by Crippen LogP contribution is -2.15. The molecule has 0 spiro atoms. The van der Waals surface area contributed by atoms with Crippen LogP contribution in [0.4, 0.5) is 13.2 Å². The van der Waals surface area contributed by atoms with Gasteiger partial charge < -0.3 is 20.6 Å². The van der Waals surface area contributed by atoms with Gasteiger partial charge in [-0.25, -0.2) is 9.97 Å². The van der Waals surface area contributed by atoms with Gasteiger partial charge in [-0.1, -0.05) is 6.92 Å². The highest BCUT2D eigenvalue weighted by Gasteiger charge is 2.33. The first kappa shape index (κ1) is 20.6. The number of hydrogen-bond acceptors (Lipinski definition) is 6. The minimum atomic E-state index is -4.62. The summed E-state index contributed by atoms with van der Waals surface area (Å²) in [7, 11) is 0. The molecule has 7 nitrogen and oxygen atoms in total. The first-order valence-corrected chi connectivity index (χ1v) is 8.83. The van der Waals surface area contributed by atoms with Crippen LogP contribution >= 0.6 is 0 Å². The lowest BCUT2D eigenvalue weighted by molar-refractivity contribution is -0.140. The molecule has 1 amide bonds. The summed E-state index contributed by atoms with van der Waals surface area (Å²) in [6.07, 6.45) is -4.19. The van der Waals surface area contributed by atoms with Crippen LogP contribution in [-0.2, 0) is 12.7 Å². The van der Waals surface area contributed by atoms with Crippen molar-refractivity contribution >= 4 is 16.8 Å². The fourth-order valence-corrected chi connectivity index (χ4v) is 2.73. The molecule has 0 saturated carbocycles. The van der Waals surface area contributed by atoms with Gasteiger partial charge in [0.25, 0.3) is 5.91 Å². The van der Waals surface area contributed by atoms with Crippen LogP contribution in [0, 0.1) is 0 Å². The van der Waals surface area contributed by atoms with Gasteiger partial charge in [-0.05, 0) is 37.6 Å². The Morgan fingerprint density at radius 1 is 1.24 bits per heavy atom. The predicted octanol–water partition coefficient (Wildman–Crippen LogP) is 3.64. The fourth-order valence-electron chi connectivity index (χ4n) is 2.73. The number of primary amides is 1. The summed E-state index contributed by atoms with van der Waals surface area (Å²) in [5.41, 5.74) is 9.99. The Morgan fingerprint density at radius 3 is 2.52 bits per heavy atom. The molecule has 154 valence electrons. The summed E-state index contributed by atoms with van der Waals surface area (Å²) < 4.78 is 50.9. The molecule has 3 rings (SSSR count). The molecule has 0 saturated heterocycles. The van der Waals surface area contributed by atoms with Gasteiger partial charge in [0.1, 0.15) is 17.0 Å². The van der Waals surface area contributed by atoms with E-state index in [0.717, 1.165) is 6.07 Å². The van der Waals surface area contributed by atoms with Crippen molar-refractivity contribution in [2.45, 2.75) is 39.1 Å². The average Bonchev–Trinajstić information content (AvgIpc) is 3.11. The monoisotopic (exact) mass is 408 g/mol. The molecule has 2 heterocycles. The number of fused-ring (bicyclic) bond motifs is 1. The van der Waals surface area contributed by atoms with Crippen molar-refractivity contribution in [3.8, 4) is 17.2 Å². The third-order valence-electron chi connectivity index (χ3n) is 4.36. The van der Waals surface area contributed by atoms with E-state index in [0.29, 0.717) is 17.4 Å². The van der Waals surface area contributed by atoms with Gasteiger partial charge in [-0.2, -0.15) is 13.2 Å². The highest BCUT2D eigenvalue weighted by Crippen LogP contribution is 2.37. The second kappa shape index (κ2) is 7.70. The van der Waals surface area contributed by atoms with E-state index in [-0.39, 0.29) is 41.3 Å². The molecule has 0 bridgehead atoms. The van der Waals surface area contributed by atoms with Crippen molar-refractivity contribution in [2.24, 2.45) is 11.5 Å². The van der Waals surface area contributed by atoms with Crippen molar-refractivity contribution in [3.63, 3.8) is 0 Å². The first-order chi connectivity index (χ1) is 13.7. The molecule has 0 aliphatic heterocycles. The highest BCUT2D eigenvalue weighted by atomic mass is 19.4. The average molecular weight is 408 g/mol. The lowest BCUT2D eigenvalue weighted by atomic mass is 10.1. The topological polar surface area (TPSA) is 117 Å². The molecule has 2 aromatic heterocycles. The van der Waals surface area contributed by atoms with Gasteiger partial charge in [0, 0.05) is 10.9 Å². The van der Waals surface area contributed by atoms with E-state index in [1.807, 2.05) is 6.92 Å². The maximum Gasteiger partial charge on any atom is 0.433 e. The van der Waals surface area contributed by atoms with E-state index in [9.17, 15) is 18.0 Å². The number of oxazole rings is 1. The van der Waals surface area contributed by atoms with Crippen molar-refractivity contribution in [2.75, 3.05) is 0 Å². The molecule has 0 aliphatic rings. The number of amides is 1. The third-order valence-corrected chi connectivity index (χ3v) is 4.36. The zero-order valence-corrected chi connectivity index (χ0v) is 15.7. The minimum absolute atomic E-state index is 0.000832. The molecule has 29 heavy (non-hydrogen) atoms. The number of pyridine rings is 1. The minimum Gasteiger partial charge on any atom is -0.488 e. The molecule has 4 N–H and O–H groups in total. The molecular weight excluding hydrogens is 389 g/mol. The Morgan fingerprint density at radius 2 is 1.97 bits per heavy atom. The zero-order valence-electron chi connectivity index (χ0n) is 15.7. The number of benzene rings is 1. The fraction of sp³-hybridized carbons (Fsp3) is 0.316. The van der Waals surface area contributed by atoms with E-state index in [2.05, 4.69) is 9.97 Å². The Hall–Kier alpha value is -3.14. The number of carbonyl (C=O) groups is 1. The van der Waals surface area contributed by atoms with Crippen molar-refractivity contribution in [1.82, 2.24) is 9.97 Å². The van der Waals surface area contributed by atoms with E-state index < -0.39 is 17.8 Å². The Labute approximate surface area is 163 Å². The van der Waals surface area contributed by atoms with Crippen LogP contribution in [0.3, 0.4) is 0 Å². The van der Waals surface area contributed by atoms with Crippen molar-refractivity contribution in [3.05, 3.63) is 41.4 Å². The number of halogens is 3. The van der Waals surface area contributed by atoms with Gasteiger partial charge in [0.2, 0.25) is 5.89 Å². The summed E-state index contributed by atoms with van der Waals surface area (Å²) in [5, 5.41) is 0.319. The van der Waals surface area contributed by atoms with Crippen LogP contribution in [-0.4, -0.2) is 22.0 Å². The van der Waals surface area contributed by atoms with E-state index in [1.165, 1.54) is 12.1 Å². The maximum atomic E-state index is 13.2. The number of hydrogen-bond donors (Lipinski definition) is 2. The molecule has 3 aromatic rings. The highest BCUT2D eigenvalue weighted by molar-refractivity contribution is 5.97. The molecule has 0 aliphatic carbocycles. The van der Waals surface area contributed by atoms with Gasteiger partial charge in [-0.15, -0.1) is 0 Å². The quantitative estimate of drug-likeness (QED) is 0.643. The third kappa shape index (κ3) is 4.02. The van der Waals surface area contributed by atoms with Crippen LogP contribution in [0.1, 0.15) is 42.2 Å². The van der Waals surface area contributed by atoms with Crippen molar-refractivity contribution in [1.29, 1.82) is 0 Å². The molecule has 1 unspecified atom stereocenters. The Kier molecular flexibility index (Phi) is 5.47. The number of ether oxygens (including phenoxy) is 1. The summed E-state index contributed by atoms with van der Waals surface area (Å²) >= 11 is 0. The first-order valence-electron chi connectivity index (χ1n) is 8.83. The standard InChI is InChI=1S/C19H19F3N4O3/c1-3-9(2)28-12-6-4-11(18-26-16(17(24)27)13(8-23)29-18)10-5-7-14(19(20,21)22)25-15(10)12/h4-7,9H,3,8,23H2,1-2H3,(H2,24,27). The molecule has 1 aromatic carbocycles. The largest absolute Gasteiger partial charge is 0.488 e. The Bertz CT molecular complexity index is 1060. The molecule has 0 radical (unpaired) electrons. The normalized spacial score (nSPS) is 12.9. The summed E-state index contributed by atoms with van der Waals surface area (Å²) in [5.74, 6) is -0.537. The summed E-state index contributed by atoms with van der Waals surface area (Å²) in [6, 6.07) is 5.19. The second-order valence-corrected chi connectivity index (χ2v) is 6.40. The number of aromatic nitrogens is 2. The number of nitrogens with zero attached hydrogens (tertiary/aromatic N) is 2. The van der Waals surface area contributed by atoms with Gasteiger partial charge >= 0.3 is 6.18 Å². The van der Waals surface area contributed by atoms with Crippen LogP contribution in [0.5, 0.6) is 5.75 Å². The summed E-state index contributed by atoms with van der Waals surface area (Å²) in [6.45, 7) is 3.57. The van der Waals surface area contributed by atoms with E-state index in [4.69, 9.17) is 20.6 Å². The predicted molar refractivity (Wildman–Crippen MR) is 99.0 cm³/mol. The van der Waals surface area contributed by atoms with Gasteiger partial charge in [0.15, 0.2) is 11.5 Å². The number of alkyl halides is 3. The zero-order chi connectivity index (χ0) is 21.3. The summed E-state index contributed by atoms with van der Waals surface area (Å²) in [4.78, 5) is 19.4. The van der Waals surface area contributed by atoms with Crippen LogP contribution < -0.4 is 16.2 Å². The smallest absolute Gasteiger partial charge is 0.433 e. The van der Waals surface area contributed by atoms with E-state index in [1.54, 1.807) is 13.0 Å². The van der Waals surface area contributed by atoms with Crippen LogP contribution in [0.2, 0.25) is 0 Å².